The first kappa shape index (κ1) is 14.0. The second-order valence-electron chi connectivity index (χ2n) is 5.14. The number of fused-ring (bicyclic) bond motifs is 1. The van der Waals surface area contributed by atoms with Crippen LogP contribution in [0.4, 0.5) is 5.69 Å². The zero-order chi connectivity index (χ0) is 15.1. The van der Waals surface area contributed by atoms with Crippen LogP contribution in [0.1, 0.15) is 23.2 Å². The van der Waals surface area contributed by atoms with Gasteiger partial charge in [-0.2, -0.15) is 0 Å². The summed E-state index contributed by atoms with van der Waals surface area (Å²) in [5, 5.41) is 8.96. The number of carbonyl (C=O) groups excluding carboxylic acids is 2. The van der Waals surface area contributed by atoms with E-state index in [1.807, 2.05) is 12.2 Å². The van der Waals surface area contributed by atoms with E-state index in [0.29, 0.717) is 23.0 Å². The second-order valence-corrected chi connectivity index (χ2v) is 5.99. The number of allylic oxidation sites excluding steroid dienone is 2. The summed E-state index contributed by atoms with van der Waals surface area (Å²) in [5.74, 6) is -2.07. The topological polar surface area (TPSA) is 74.7 Å². The van der Waals surface area contributed by atoms with Gasteiger partial charge in [-0.3, -0.25) is 9.59 Å². The Morgan fingerprint density at radius 1 is 1.14 bits per heavy atom. The second kappa shape index (κ2) is 5.11. The molecule has 1 aliphatic heterocycles. The van der Waals surface area contributed by atoms with Crippen molar-refractivity contribution in [2.75, 3.05) is 4.90 Å². The molecule has 1 aromatic carbocycles. The van der Waals surface area contributed by atoms with E-state index in [-0.39, 0.29) is 29.2 Å². The minimum atomic E-state index is -1.06. The molecule has 21 heavy (non-hydrogen) atoms. The van der Waals surface area contributed by atoms with Crippen LogP contribution in [0.3, 0.4) is 0 Å². The Balaban J connectivity index is 1.99. The highest BCUT2D eigenvalue weighted by atomic mass is 79.9. The molecule has 1 aromatic rings. The van der Waals surface area contributed by atoms with E-state index >= 15 is 0 Å². The van der Waals surface area contributed by atoms with Crippen LogP contribution in [-0.2, 0) is 9.59 Å². The standard InChI is InChI=1S/C15H12BrNO4/c16-11-7-8(15(20)21)5-6-12(11)17-13(18)9-3-1-2-4-10(9)14(17)19/h1-2,5-7,9-10H,3-4H2,(H,20,21)/t9-,10+. The van der Waals surface area contributed by atoms with Crippen molar-refractivity contribution in [3.63, 3.8) is 0 Å². The maximum atomic E-state index is 12.5. The number of hydrogen-bond acceptors (Lipinski definition) is 3. The Morgan fingerprint density at radius 3 is 2.19 bits per heavy atom. The summed E-state index contributed by atoms with van der Waals surface area (Å²) >= 11 is 3.25. The minimum Gasteiger partial charge on any atom is -0.478 e. The van der Waals surface area contributed by atoms with Crippen molar-refractivity contribution in [3.8, 4) is 0 Å². The van der Waals surface area contributed by atoms with Crippen molar-refractivity contribution in [2.45, 2.75) is 12.8 Å². The lowest BCUT2D eigenvalue weighted by Crippen LogP contribution is -2.31. The molecule has 1 heterocycles. The number of anilines is 1. The van der Waals surface area contributed by atoms with Gasteiger partial charge in [0.15, 0.2) is 0 Å². The van der Waals surface area contributed by atoms with Crippen LogP contribution >= 0.6 is 15.9 Å². The van der Waals surface area contributed by atoms with E-state index in [2.05, 4.69) is 15.9 Å². The molecule has 1 N–H and O–H groups in total. The summed E-state index contributed by atoms with van der Waals surface area (Å²) < 4.78 is 0.427. The molecule has 0 aromatic heterocycles. The van der Waals surface area contributed by atoms with Crippen molar-refractivity contribution in [1.29, 1.82) is 0 Å². The van der Waals surface area contributed by atoms with Crippen LogP contribution in [0, 0.1) is 11.8 Å². The summed E-state index contributed by atoms with van der Waals surface area (Å²) in [7, 11) is 0. The molecule has 1 aliphatic carbocycles. The molecule has 0 radical (unpaired) electrons. The van der Waals surface area contributed by atoms with Gasteiger partial charge < -0.3 is 5.11 Å². The molecule has 6 heteroatoms. The third kappa shape index (κ3) is 2.19. The molecule has 3 rings (SSSR count). The van der Waals surface area contributed by atoms with Crippen LogP contribution in [0.2, 0.25) is 0 Å². The van der Waals surface area contributed by atoms with Crippen LogP contribution in [0.5, 0.6) is 0 Å². The Morgan fingerprint density at radius 2 is 1.71 bits per heavy atom. The van der Waals surface area contributed by atoms with Crippen molar-refractivity contribution in [1.82, 2.24) is 0 Å². The molecule has 0 spiro atoms. The van der Waals surface area contributed by atoms with E-state index in [0.717, 1.165) is 0 Å². The van der Waals surface area contributed by atoms with Gasteiger partial charge in [0, 0.05) is 4.47 Å². The molecule has 0 saturated carbocycles. The number of amides is 2. The highest BCUT2D eigenvalue weighted by Gasteiger charge is 2.48. The number of nitrogens with zero attached hydrogens (tertiary/aromatic N) is 1. The predicted octanol–water partition coefficient (Wildman–Crippen LogP) is 2.60. The zero-order valence-corrected chi connectivity index (χ0v) is 12.5. The fraction of sp³-hybridized carbons (Fsp3) is 0.267. The van der Waals surface area contributed by atoms with Crippen LogP contribution in [0.25, 0.3) is 0 Å². The smallest absolute Gasteiger partial charge is 0.335 e. The van der Waals surface area contributed by atoms with E-state index in [4.69, 9.17) is 5.11 Å². The quantitative estimate of drug-likeness (QED) is 0.657. The van der Waals surface area contributed by atoms with E-state index in [1.165, 1.54) is 23.1 Å². The van der Waals surface area contributed by atoms with Gasteiger partial charge in [-0.15, -0.1) is 0 Å². The number of hydrogen-bond donors (Lipinski definition) is 1. The van der Waals surface area contributed by atoms with Crippen molar-refractivity contribution in [3.05, 3.63) is 40.4 Å². The molecule has 2 amide bonds. The Kier molecular flexibility index (Phi) is 3.41. The first-order valence-electron chi connectivity index (χ1n) is 6.56. The van der Waals surface area contributed by atoms with Crippen molar-refractivity contribution in [2.24, 2.45) is 11.8 Å². The van der Waals surface area contributed by atoms with Gasteiger partial charge in [-0.25, -0.2) is 9.69 Å². The number of halogens is 1. The molecule has 1 fully saturated rings. The van der Waals surface area contributed by atoms with Gasteiger partial charge in [-0.05, 0) is 47.0 Å². The molecule has 108 valence electrons. The van der Waals surface area contributed by atoms with E-state index < -0.39 is 5.97 Å². The van der Waals surface area contributed by atoms with Crippen LogP contribution < -0.4 is 4.90 Å². The normalized spacial score (nSPS) is 24.3. The molecule has 0 unspecified atom stereocenters. The number of benzene rings is 1. The van der Waals surface area contributed by atoms with Crippen molar-refractivity contribution >= 4 is 39.4 Å². The highest BCUT2D eigenvalue weighted by Crippen LogP contribution is 2.40. The molecular weight excluding hydrogens is 338 g/mol. The zero-order valence-electron chi connectivity index (χ0n) is 11.0. The summed E-state index contributed by atoms with van der Waals surface area (Å²) in [6.45, 7) is 0. The number of carboxylic acid groups (broad SMARTS) is 1. The van der Waals surface area contributed by atoms with Gasteiger partial charge in [0.05, 0.1) is 23.1 Å². The summed E-state index contributed by atoms with van der Waals surface area (Å²) in [4.78, 5) is 37.0. The lowest BCUT2D eigenvalue weighted by Gasteiger charge is -2.16. The summed E-state index contributed by atoms with van der Waals surface area (Å²) in [6, 6.07) is 4.29. The first-order chi connectivity index (χ1) is 10.0. The molecule has 0 bridgehead atoms. The fourth-order valence-electron chi connectivity index (χ4n) is 2.86. The Labute approximate surface area is 129 Å². The molecular formula is C15H12BrNO4. The largest absolute Gasteiger partial charge is 0.478 e. The average molecular weight is 350 g/mol. The predicted molar refractivity (Wildman–Crippen MR) is 78.9 cm³/mol. The van der Waals surface area contributed by atoms with Gasteiger partial charge >= 0.3 is 5.97 Å². The molecule has 2 atom stereocenters. The Hall–Kier alpha value is -1.95. The Bertz CT molecular complexity index is 656. The number of carboxylic acids is 1. The lowest BCUT2D eigenvalue weighted by atomic mass is 9.85. The number of rotatable bonds is 2. The van der Waals surface area contributed by atoms with Gasteiger partial charge in [0.2, 0.25) is 11.8 Å². The molecule has 5 nitrogen and oxygen atoms in total. The third-order valence-electron chi connectivity index (χ3n) is 3.94. The van der Waals surface area contributed by atoms with E-state index in [9.17, 15) is 14.4 Å². The van der Waals surface area contributed by atoms with Crippen LogP contribution in [-0.4, -0.2) is 22.9 Å². The maximum absolute atomic E-state index is 12.5. The van der Waals surface area contributed by atoms with E-state index in [1.54, 1.807) is 0 Å². The van der Waals surface area contributed by atoms with Gasteiger partial charge in [-0.1, -0.05) is 12.2 Å². The highest BCUT2D eigenvalue weighted by molar-refractivity contribution is 9.10. The minimum absolute atomic E-state index is 0.101. The first-order valence-corrected chi connectivity index (χ1v) is 7.35. The molecule has 1 saturated heterocycles. The number of aromatic carboxylic acids is 1. The fourth-order valence-corrected chi connectivity index (χ4v) is 3.42. The maximum Gasteiger partial charge on any atom is 0.335 e. The lowest BCUT2D eigenvalue weighted by molar-refractivity contribution is -0.122. The SMILES string of the molecule is O=C(O)c1ccc(N2C(=O)[C@H]3CC=CC[C@H]3C2=O)c(Br)c1. The van der Waals surface area contributed by atoms with Crippen molar-refractivity contribution < 1.29 is 19.5 Å². The third-order valence-corrected chi connectivity index (χ3v) is 4.58. The van der Waals surface area contributed by atoms with Gasteiger partial charge in [0.25, 0.3) is 0 Å². The molecule has 2 aliphatic rings. The summed E-state index contributed by atoms with van der Waals surface area (Å²) in [5.41, 5.74) is 0.508. The van der Waals surface area contributed by atoms with Crippen LogP contribution in [0.15, 0.2) is 34.8 Å². The number of carbonyl (C=O) groups is 3. The van der Waals surface area contributed by atoms with Gasteiger partial charge in [0.1, 0.15) is 0 Å². The number of imide groups is 1. The average Bonchev–Trinajstić information content (AvgIpc) is 2.72. The monoisotopic (exact) mass is 349 g/mol. The summed E-state index contributed by atoms with van der Waals surface area (Å²) in [6.07, 6.45) is 5.02.